The lowest BCUT2D eigenvalue weighted by Gasteiger charge is -2.09. The highest BCUT2D eigenvalue weighted by molar-refractivity contribution is 6.33. The van der Waals surface area contributed by atoms with E-state index in [1.54, 1.807) is 19.9 Å². The molecule has 8 heteroatoms. The third-order valence-corrected chi connectivity index (χ3v) is 3.99. The monoisotopic (exact) mass is 363 g/mol. The minimum atomic E-state index is -0.577. The number of hydrogen-bond acceptors (Lipinski definition) is 5. The highest BCUT2D eigenvalue weighted by Gasteiger charge is 2.24. The molecule has 0 bridgehead atoms. The highest BCUT2D eigenvalue weighted by Crippen LogP contribution is 2.36. The molecule has 2 heterocycles. The van der Waals surface area contributed by atoms with Crippen LogP contribution >= 0.6 is 11.6 Å². The van der Waals surface area contributed by atoms with E-state index in [-0.39, 0.29) is 28.6 Å². The Labute approximate surface area is 148 Å². The summed E-state index contributed by atoms with van der Waals surface area (Å²) in [7, 11) is 1.41. The van der Waals surface area contributed by atoms with Crippen molar-refractivity contribution in [3.05, 3.63) is 46.5 Å². The molecule has 0 aliphatic carbocycles. The van der Waals surface area contributed by atoms with Gasteiger partial charge in [-0.2, -0.15) is 9.61 Å². The number of halogens is 2. The van der Waals surface area contributed by atoms with Crippen LogP contribution in [0, 0.1) is 12.7 Å². The summed E-state index contributed by atoms with van der Waals surface area (Å²) in [6.45, 7) is 3.62. The molecule has 3 rings (SSSR count). The Kier molecular flexibility index (Phi) is 4.59. The molecule has 25 heavy (non-hydrogen) atoms. The quantitative estimate of drug-likeness (QED) is 0.661. The van der Waals surface area contributed by atoms with Gasteiger partial charge in [0, 0.05) is 11.8 Å². The Bertz CT molecular complexity index is 951. The van der Waals surface area contributed by atoms with Crippen LogP contribution in [0.25, 0.3) is 16.8 Å². The van der Waals surface area contributed by atoms with Crippen molar-refractivity contribution in [2.24, 2.45) is 0 Å². The van der Waals surface area contributed by atoms with Crippen LogP contribution in [-0.2, 0) is 4.74 Å². The molecule has 0 atom stereocenters. The molecule has 3 aromatic rings. The van der Waals surface area contributed by atoms with Gasteiger partial charge in [0.05, 0.1) is 30.0 Å². The van der Waals surface area contributed by atoms with Crippen molar-refractivity contribution in [2.75, 3.05) is 13.7 Å². The second kappa shape index (κ2) is 6.68. The molecule has 0 fully saturated rings. The molecule has 2 aromatic heterocycles. The number of rotatable bonds is 4. The lowest BCUT2D eigenvalue weighted by molar-refractivity contribution is 0.0520. The molecule has 130 valence electrons. The summed E-state index contributed by atoms with van der Waals surface area (Å²) in [4.78, 5) is 16.3. The Morgan fingerprint density at radius 1 is 1.36 bits per heavy atom. The van der Waals surface area contributed by atoms with Crippen LogP contribution in [0.4, 0.5) is 4.39 Å². The number of aryl methyl sites for hydroxylation is 1. The normalized spacial score (nSPS) is 10.9. The summed E-state index contributed by atoms with van der Waals surface area (Å²) in [6, 6.07) is 4.43. The van der Waals surface area contributed by atoms with Gasteiger partial charge < -0.3 is 9.47 Å². The smallest absolute Gasteiger partial charge is 0.345 e. The van der Waals surface area contributed by atoms with Gasteiger partial charge in [0.1, 0.15) is 11.4 Å². The maximum atomic E-state index is 14.4. The van der Waals surface area contributed by atoms with Crippen LogP contribution in [0.2, 0.25) is 5.02 Å². The minimum absolute atomic E-state index is 0.130. The molecule has 1 aromatic carbocycles. The third kappa shape index (κ3) is 2.80. The van der Waals surface area contributed by atoms with Crippen LogP contribution in [0.5, 0.6) is 5.88 Å². The number of ether oxygens (including phenoxy) is 2. The van der Waals surface area contributed by atoms with E-state index in [4.69, 9.17) is 21.1 Å². The minimum Gasteiger partial charge on any atom is -0.480 e. The van der Waals surface area contributed by atoms with Gasteiger partial charge in [-0.15, -0.1) is 0 Å². The molecule has 0 saturated carbocycles. The molecule has 6 nitrogen and oxygen atoms in total. The van der Waals surface area contributed by atoms with E-state index in [0.29, 0.717) is 16.9 Å². The maximum Gasteiger partial charge on any atom is 0.345 e. The Morgan fingerprint density at radius 2 is 2.12 bits per heavy atom. The number of carbonyl (C=O) groups excluding carboxylic acids is 1. The number of hydrogen-bond donors (Lipinski definition) is 0. The first-order chi connectivity index (χ1) is 12.0. The Balaban J connectivity index is 2.31. The summed E-state index contributed by atoms with van der Waals surface area (Å²) >= 11 is 6.18. The second-order valence-corrected chi connectivity index (χ2v) is 5.60. The molecule has 0 aliphatic heterocycles. The number of benzene rings is 1. The Morgan fingerprint density at radius 3 is 2.76 bits per heavy atom. The Hall–Kier alpha value is -2.67. The molecule has 0 N–H and O–H groups in total. The van der Waals surface area contributed by atoms with Gasteiger partial charge >= 0.3 is 5.97 Å². The van der Waals surface area contributed by atoms with Gasteiger partial charge in [-0.1, -0.05) is 17.7 Å². The van der Waals surface area contributed by atoms with Crippen LogP contribution in [0.3, 0.4) is 0 Å². The lowest BCUT2D eigenvalue weighted by Crippen LogP contribution is -2.11. The molecule has 0 saturated heterocycles. The number of esters is 1. The van der Waals surface area contributed by atoms with Crippen LogP contribution in [-0.4, -0.2) is 34.3 Å². The molecule has 0 amide bonds. The zero-order valence-corrected chi connectivity index (χ0v) is 14.6. The molecular formula is C17H15ClFN3O3. The van der Waals surface area contributed by atoms with Crippen molar-refractivity contribution in [1.29, 1.82) is 0 Å². The summed E-state index contributed by atoms with van der Waals surface area (Å²) in [6.07, 6.45) is 1.32. The fourth-order valence-corrected chi connectivity index (χ4v) is 2.90. The standard InChI is InChI=1S/C17H15ClFN3O3/c1-4-25-17(23)10-8-20-15-13(9(2)21-22(15)16(10)24-3)14-11(18)6-5-7-12(14)19/h5-8H,4H2,1-3H3. The third-order valence-electron chi connectivity index (χ3n) is 3.68. The lowest BCUT2D eigenvalue weighted by atomic mass is 10.1. The van der Waals surface area contributed by atoms with Crippen molar-refractivity contribution in [3.63, 3.8) is 0 Å². The van der Waals surface area contributed by atoms with Crippen LogP contribution in [0.1, 0.15) is 23.0 Å². The molecule has 0 spiro atoms. The van der Waals surface area contributed by atoms with Gasteiger partial charge in [-0.25, -0.2) is 14.2 Å². The molecule has 0 aliphatic rings. The molecular weight excluding hydrogens is 349 g/mol. The summed E-state index contributed by atoms with van der Waals surface area (Å²) in [5.74, 6) is -0.904. The number of fused-ring (bicyclic) bond motifs is 1. The predicted octanol–water partition coefficient (Wildman–Crippen LogP) is 3.68. The first-order valence-corrected chi connectivity index (χ1v) is 7.91. The van der Waals surface area contributed by atoms with Crippen molar-refractivity contribution in [3.8, 4) is 17.0 Å². The first-order valence-electron chi connectivity index (χ1n) is 7.53. The average molecular weight is 364 g/mol. The van der Waals surface area contributed by atoms with E-state index < -0.39 is 11.8 Å². The number of aromatic nitrogens is 3. The summed E-state index contributed by atoms with van der Waals surface area (Å²) in [5, 5.41) is 4.59. The second-order valence-electron chi connectivity index (χ2n) is 5.19. The predicted molar refractivity (Wildman–Crippen MR) is 90.6 cm³/mol. The van der Waals surface area contributed by atoms with Crippen molar-refractivity contribution < 1.29 is 18.7 Å². The fraction of sp³-hybridized carbons (Fsp3) is 0.235. The number of nitrogens with zero attached hydrogens (tertiary/aromatic N) is 3. The highest BCUT2D eigenvalue weighted by atomic mass is 35.5. The van der Waals surface area contributed by atoms with Gasteiger partial charge in [-0.3, -0.25) is 0 Å². The SMILES string of the molecule is CCOC(=O)c1cnc2c(-c3c(F)cccc3Cl)c(C)nn2c1OC. The first kappa shape index (κ1) is 17.2. The van der Waals surface area contributed by atoms with Crippen molar-refractivity contribution in [2.45, 2.75) is 13.8 Å². The van der Waals surface area contributed by atoms with Gasteiger partial charge in [0.2, 0.25) is 5.88 Å². The van der Waals surface area contributed by atoms with Crippen molar-refractivity contribution >= 4 is 23.2 Å². The maximum absolute atomic E-state index is 14.4. The van der Waals surface area contributed by atoms with Crippen LogP contribution in [0.15, 0.2) is 24.4 Å². The average Bonchev–Trinajstić information content (AvgIpc) is 2.90. The summed E-state index contributed by atoms with van der Waals surface area (Å²) < 4.78 is 26.0. The largest absolute Gasteiger partial charge is 0.480 e. The van der Waals surface area contributed by atoms with E-state index in [0.717, 1.165) is 0 Å². The zero-order chi connectivity index (χ0) is 18.1. The van der Waals surface area contributed by atoms with Crippen LogP contribution < -0.4 is 4.74 Å². The fourth-order valence-electron chi connectivity index (χ4n) is 2.65. The topological polar surface area (TPSA) is 65.7 Å². The number of carbonyl (C=O) groups is 1. The van der Waals surface area contributed by atoms with Gasteiger partial charge in [0.25, 0.3) is 0 Å². The van der Waals surface area contributed by atoms with Gasteiger partial charge in [-0.05, 0) is 26.0 Å². The molecule has 0 radical (unpaired) electrons. The van der Waals surface area contributed by atoms with Gasteiger partial charge in [0.15, 0.2) is 5.65 Å². The van der Waals surface area contributed by atoms with E-state index in [9.17, 15) is 9.18 Å². The zero-order valence-electron chi connectivity index (χ0n) is 13.8. The van der Waals surface area contributed by atoms with E-state index in [1.807, 2.05) is 0 Å². The van der Waals surface area contributed by atoms with E-state index in [2.05, 4.69) is 10.1 Å². The number of methoxy groups -OCH3 is 1. The molecule has 0 unspecified atom stereocenters. The van der Waals surface area contributed by atoms with E-state index in [1.165, 1.54) is 30.0 Å². The van der Waals surface area contributed by atoms with Crippen molar-refractivity contribution in [1.82, 2.24) is 14.6 Å². The summed E-state index contributed by atoms with van der Waals surface area (Å²) in [5.41, 5.74) is 1.60. The van der Waals surface area contributed by atoms with E-state index >= 15 is 0 Å².